The highest BCUT2D eigenvalue weighted by molar-refractivity contribution is 7.83. The van der Waals surface area contributed by atoms with Gasteiger partial charge in [0.1, 0.15) is 5.60 Å². The van der Waals surface area contributed by atoms with Gasteiger partial charge in [0.15, 0.2) is 0 Å². The molecule has 1 N–H and O–H groups in total. The van der Waals surface area contributed by atoms with Crippen LogP contribution in [0.25, 0.3) is 0 Å². The lowest BCUT2D eigenvalue weighted by Gasteiger charge is -2.19. The van der Waals surface area contributed by atoms with E-state index < -0.39 is 11.7 Å². The first-order valence-corrected chi connectivity index (χ1v) is 5.42. The smallest absolute Gasteiger partial charge is 0.412 e. The minimum absolute atomic E-state index is 0.437. The number of rotatable bonds is 1. The summed E-state index contributed by atoms with van der Waals surface area (Å²) in [5.41, 5.74) is -0.467. The van der Waals surface area contributed by atoms with E-state index in [1.54, 1.807) is 6.07 Å². The van der Waals surface area contributed by atoms with E-state index in [0.29, 0.717) is 0 Å². The summed E-state index contributed by atoms with van der Waals surface area (Å²) in [6.45, 7) is 5.47. The fourth-order valence-electron chi connectivity index (χ4n) is 0.799. The Hall–Kier alpha value is -0.680. The summed E-state index contributed by atoms with van der Waals surface area (Å²) in [7, 11) is 0. The molecule has 14 heavy (non-hydrogen) atoms. The molecule has 0 bridgehead atoms. The molecule has 0 aliphatic carbocycles. The minimum Gasteiger partial charge on any atom is -0.444 e. The molecule has 0 radical (unpaired) electrons. The quantitative estimate of drug-likeness (QED) is 0.727. The monoisotopic (exact) mass is 231 g/mol. The van der Waals surface area contributed by atoms with Crippen molar-refractivity contribution in [2.45, 2.75) is 30.6 Å². The standard InChI is InChI=1S/C9H13NO2S2/c1-9(2,3)12-8(11)10-6-4-5-7(13)14-6/h4-5,13H,1-3H3,(H,10,11). The van der Waals surface area contributed by atoms with Crippen LogP contribution < -0.4 is 5.32 Å². The first kappa shape index (κ1) is 11.4. The molecule has 0 aromatic carbocycles. The van der Waals surface area contributed by atoms with E-state index in [2.05, 4.69) is 17.9 Å². The number of anilines is 1. The second kappa shape index (κ2) is 4.23. The van der Waals surface area contributed by atoms with E-state index >= 15 is 0 Å². The molecule has 0 fully saturated rings. The summed E-state index contributed by atoms with van der Waals surface area (Å²) >= 11 is 5.53. The molecule has 0 saturated heterocycles. The van der Waals surface area contributed by atoms with Crippen LogP contribution in [0, 0.1) is 0 Å². The van der Waals surface area contributed by atoms with Gasteiger partial charge < -0.3 is 4.74 Å². The molecule has 0 aliphatic rings. The topological polar surface area (TPSA) is 38.3 Å². The Morgan fingerprint density at radius 2 is 2.14 bits per heavy atom. The number of hydrogen-bond donors (Lipinski definition) is 2. The predicted molar refractivity (Wildman–Crippen MR) is 61.4 cm³/mol. The van der Waals surface area contributed by atoms with Crippen molar-refractivity contribution in [2.24, 2.45) is 0 Å². The molecule has 1 amide bonds. The third-order valence-electron chi connectivity index (χ3n) is 1.22. The number of amides is 1. The molecule has 5 heteroatoms. The highest BCUT2D eigenvalue weighted by atomic mass is 32.2. The molecule has 0 atom stereocenters. The summed E-state index contributed by atoms with van der Waals surface area (Å²) in [4.78, 5) is 11.3. The summed E-state index contributed by atoms with van der Waals surface area (Å²) in [6, 6.07) is 3.61. The molecule has 3 nitrogen and oxygen atoms in total. The van der Waals surface area contributed by atoms with Crippen LogP contribution in [0.1, 0.15) is 20.8 Å². The molecule has 78 valence electrons. The van der Waals surface area contributed by atoms with Crippen LogP contribution in [0.5, 0.6) is 0 Å². The zero-order valence-electron chi connectivity index (χ0n) is 8.33. The molecule has 1 rings (SSSR count). The van der Waals surface area contributed by atoms with Crippen molar-refractivity contribution in [3.63, 3.8) is 0 Å². The van der Waals surface area contributed by atoms with Gasteiger partial charge in [-0.25, -0.2) is 4.79 Å². The third-order valence-corrected chi connectivity index (χ3v) is 2.44. The maximum atomic E-state index is 11.3. The fraction of sp³-hybridized carbons (Fsp3) is 0.444. The predicted octanol–water partition coefficient (Wildman–Crippen LogP) is 3.38. The molecule has 0 spiro atoms. The summed E-state index contributed by atoms with van der Waals surface area (Å²) in [6.07, 6.45) is -0.437. The number of thiol groups is 1. The van der Waals surface area contributed by atoms with E-state index in [0.717, 1.165) is 9.21 Å². The number of thiophene rings is 1. The van der Waals surface area contributed by atoms with Crippen LogP contribution in [0.3, 0.4) is 0 Å². The van der Waals surface area contributed by atoms with Gasteiger partial charge in [0.2, 0.25) is 0 Å². The second-order valence-corrected chi connectivity index (χ2v) is 5.63. The van der Waals surface area contributed by atoms with Crippen LogP contribution in [0.2, 0.25) is 0 Å². The number of carbonyl (C=O) groups is 1. The maximum absolute atomic E-state index is 11.3. The van der Waals surface area contributed by atoms with Gasteiger partial charge in [-0.05, 0) is 32.9 Å². The highest BCUT2D eigenvalue weighted by Crippen LogP contribution is 2.24. The lowest BCUT2D eigenvalue weighted by molar-refractivity contribution is 0.0636. The van der Waals surface area contributed by atoms with Crippen LogP contribution in [-0.2, 0) is 4.74 Å². The van der Waals surface area contributed by atoms with E-state index in [1.807, 2.05) is 26.8 Å². The lowest BCUT2D eigenvalue weighted by atomic mass is 10.2. The third kappa shape index (κ3) is 4.02. The van der Waals surface area contributed by atoms with Crippen molar-refractivity contribution in [1.29, 1.82) is 0 Å². The first-order valence-electron chi connectivity index (χ1n) is 4.15. The van der Waals surface area contributed by atoms with Gasteiger partial charge in [0.25, 0.3) is 0 Å². The van der Waals surface area contributed by atoms with Gasteiger partial charge in [0, 0.05) is 0 Å². The Bertz CT molecular complexity index is 328. The van der Waals surface area contributed by atoms with Crippen molar-refractivity contribution in [2.75, 3.05) is 5.32 Å². The normalized spacial score (nSPS) is 11.1. The zero-order valence-corrected chi connectivity index (χ0v) is 10.0. The van der Waals surface area contributed by atoms with Gasteiger partial charge in [-0.2, -0.15) is 0 Å². The van der Waals surface area contributed by atoms with Crippen molar-refractivity contribution in [3.05, 3.63) is 12.1 Å². The summed E-state index contributed by atoms with van der Waals surface area (Å²) in [5.74, 6) is 0. The van der Waals surface area contributed by atoms with Crippen molar-refractivity contribution in [1.82, 2.24) is 0 Å². The average Bonchev–Trinajstić information content (AvgIpc) is 2.30. The molecular weight excluding hydrogens is 218 g/mol. The van der Waals surface area contributed by atoms with E-state index in [4.69, 9.17) is 4.74 Å². The van der Waals surface area contributed by atoms with Gasteiger partial charge in [-0.15, -0.1) is 24.0 Å². The first-order chi connectivity index (χ1) is 6.37. The highest BCUT2D eigenvalue weighted by Gasteiger charge is 2.16. The number of hydrogen-bond acceptors (Lipinski definition) is 4. The van der Waals surface area contributed by atoms with Crippen LogP contribution >= 0.6 is 24.0 Å². The average molecular weight is 231 g/mol. The largest absolute Gasteiger partial charge is 0.444 e. The van der Waals surface area contributed by atoms with Gasteiger partial charge in [-0.3, -0.25) is 5.32 Å². The van der Waals surface area contributed by atoms with Crippen molar-refractivity contribution < 1.29 is 9.53 Å². The van der Waals surface area contributed by atoms with Crippen LogP contribution in [0.4, 0.5) is 9.80 Å². The Morgan fingerprint density at radius 3 is 2.57 bits per heavy atom. The van der Waals surface area contributed by atoms with Crippen molar-refractivity contribution >= 4 is 35.1 Å². The summed E-state index contributed by atoms with van der Waals surface area (Å²) < 4.78 is 5.94. The molecular formula is C9H13NO2S2. The Balaban J connectivity index is 2.50. The molecule has 1 aromatic rings. The van der Waals surface area contributed by atoms with E-state index in [9.17, 15) is 4.79 Å². The Kier molecular flexibility index (Phi) is 3.44. The molecule has 0 saturated carbocycles. The maximum Gasteiger partial charge on any atom is 0.412 e. The minimum atomic E-state index is -0.467. The van der Waals surface area contributed by atoms with Gasteiger partial charge in [0.05, 0.1) is 9.21 Å². The summed E-state index contributed by atoms with van der Waals surface area (Å²) in [5, 5.41) is 3.37. The Labute approximate surface area is 92.9 Å². The molecule has 1 aromatic heterocycles. The number of carbonyl (C=O) groups excluding carboxylic acids is 1. The Morgan fingerprint density at radius 1 is 1.50 bits per heavy atom. The lowest BCUT2D eigenvalue weighted by Crippen LogP contribution is -2.26. The number of nitrogens with one attached hydrogen (secondary N) is 1. The van der Waals surface area contributed by atoms with Gasteiger partial charge >= 0.3 is 6.09 Å². The van der Waals surface area contributed by atoms with Crippen LogP contribution in [0.15, 0.2) is 16.3 Å². The molecule has 0 unspecified atom stereocenters. The SMILES string of the molecule is CC(C)(C)OC(=O)Nc1ccc(S)s1. The van der Waals surface area contributed by atoms with E-state index in [1.165, 1.54) is 11.3 Å². The molecule has 1 heterocycles. The molecule has 0 aliphatic heterocycles. The van der Waals surface area contributed by atoms with Crippen molar-refractivity contribution in [3.8, 4) is 0 Å². The fourth-order valence-corrected chi connectivity index (χ4v) is 1.80. The second-order valence-electron chi connectivity index (χ2n) is 3.76. The van der Waals surface area contributed by atoms with E-state index in [-0.39, 0.29) is 0 Å². The van der Waals surface area contributed by atoms with Crippen LogP contribution in [-0.4, -0.2) is 11.7 Å². The zero-order chi connectivity index (χ0) is 10.8. The van der Waals surface area contributed by atoms with Gasteiger partial charge in [-0.1, -0.05) is 0 Å². The number of ether oxygens (including phenoxy) is 1.